The van der Waals surface area contributed by atoms with E-state index in [1.54, 1.807) is 13.1 Å². The quantitative estimate of drug-likeness (QED) is 0.741. The van der Waals surface area contributed by atoms with Crippen LogP contribution >= 0.6 is 0 Å². The minimum atomic E-state index is -0.712. The van der Waals surface area contributed by atoms with Crippen LogP contribution in [0.2, 0.25) is 0 Å². The van der Waals surface area contributed by atoms with E-state index in [1.165, 1.54) is 23.2 Å². The second kappa shape index (κ2) is 7.74. The van der Waals surface area contributed by atoms with Gasteiger partial charge in [0.25, 0.3) is 5.91 Å². The van der Waals surface area contributed by atoms with Gasteiger partial charge in [0.2, 0.25) is 0 Å². The zero-order valence-electron chi connectivity index (χ0n) is 14.1. The Labute approximate surface area is 150 Å². The van der Waals surface area contributed by atoms with Gasteiger partial charge >= 0.3 is 0 Å². The van der Waals surface area contributed by atoms with E-state index >= 15 is 0 Å². The second-order valence-corrected chi connectivity index (χ2v) is 5.80. The highest BCUT2D eigenvalue weighted by Gasteiger charge is 2.15. The van der Waals surface area contributed by atoms with Crippen LogP contribution in [-0.4, -0.2) is 22.8 Å². The normalized spacial score (nSPS) is 10.4. The van der Waals surface area contributed by atoms with Gasteiger partial charge < -0.3 is 10.2 Å². The van der Waals surface area contributed by atoms with Gasteiger partial charge in [-0.25, -0.2) is 8.78 Å². The second-order valence-electron chi connectivity index (χ2n) is 5.80. The number of pyridine rings is 1. The topological polar surface area (TPSA) is 45.2 Å². The number of rotatable bonds is 5. The van der Waals surface area contributed by atoms with E-state index in [1.807, 2.05) is 30.3 Å². The number of hydrogen-bond donors (Lipinski definition) is 1. The maximum Gasteiger partial charge on any atom is 0.272 e. The van der Waals surface area contributed by atoms with Gasteiger partial charge in [-0.05, 0) is 29.8 Å². The molecule has 0 atom stereocenters. The lowest BCUT2D eigenvalue weighted by Crippen LogP contribution is -2.27. The number of hydrogen-bond acceptors (Lipinski definition) is 3. The molecule has 1 amide bonds. The Morgan fingerprint density at radius 3 is 2.42 bits per heavy atom. The fraction of sp³-hybridized carbons (Fsp3) is 0.100. The lowest BCUT2D eigenvalue weighted by atomic mass is 10.2. The van der Waals surface area contributed by atoms with Crippen molar-refractivity contribution in [3.8, 4) is 0 Å². The molecular weight excluding hydrogens is 336 g/mol. The molecule has 2 aromatic carbocycles. The van der Waals surface area contributed by atoms with Crippen LogP contribution in [0.3, 0.4) is 0 Å². The van der Waals surface area contributed by atoms with E-state index in [0.29, 0.717) is 12.2 Å². The standard InChI is InChI=1S/C20H17F2N3O/c1-25(13-14-6-3-2-4-7-14)20(26)18-12-15(10-11-23-18)24-19-16(21)8-5-9-17(19)22/h2-12H,13H2,1H3,(H,23,24). The molecule has 0 aliphatic carbocycles. The summed E-state index contributed by atoms with van der Waals surface area (Å²) in [6.45, 7) is 0.431. The number of aromatic nitrogens is 1. The number of carbonyl (C=O) groups excluding carboxylic acids is 1. The molecule has 0 aliphatic heterocycles. The Balaban J connectivity index is 1.77. The fourth-order valence-corrected chi connectivity index (χ4v) is 2.51. The van der Waals surface area contributed by atoms with E-state index in [9.17, 15) is 13.6 Å². The first-order valence-electron chi connectivity index (χ1n) is 8.01. The highest BCUT2D eigenvalue weighted by molar-refractivity contribution is 5.93. The number of para-hydroxylation sites is 1. The van der Waals surface area contributed by atoms with Crippen LogP contribution in [0.25, 0.3) is 0 Å². The number of anilines is 2. The van der Waals surface area contributed by atoms with E-state index in [0.717, 1.165) is 17.7 Å². The number of nitrogens with zero attached hydrogens (tertiary/aromatic N) is 2. The average molecular weight is 353 g/mol. The molecule has 0 spiro atoms. The van der Waals surface area contributed by atoms with E-state index in [2.05, 4.69) is 10.3 Å². The summed E-state index contributed by atoms with van der Waals surface area (Å²) in [7, 11) is 1.67. The summed E-state index contributed by atoms with van der Waals surface area (Å²) in [6, 6.07) is 16.2. The van der Waals surface area contributed by atoms with Gasteiger partial charge in [0.1, 0.15) is 23.0 Å². The monoisotopic (exact) mass is 353 g/mol. The number of carbonyl (C=O) groups is 1. The van der Waals surface area contributed by atoms with Crippen LogP contribution in [0.15, 0.2) is 66.9 Å². The maximum atomic E-state index is 13.8. The van der Waals surface area contributed by atoms with Crippen molar-refractivity contribution in [2.24, 2.45) is 0 Å². The summed E-state index contributed by atoms with van der Waals surface area (Å²) in [5.41, 5.74) is 1.28. The third kappa shape index (κ3) is 4.03. The summed E-state index contributed by atoms with van der Waals surface area (Å²) >= 11 is 0. The van der Waals surface area contributed by atoms with E-state index in [-0.39, 0.29) is 17.3 Å². The fourth-order valence-electron chi connectivity index (χ4n) is 2.51. The van der Waals surface area contributed by atoms with E-state index in [4.69, 9.17) is 0 Å². The maximum absolute atomic E-state index is 13.8. The van der Waals surface area contributed by atoms with Crippen molar-refractivity contribution < 1.29 is 13.6 Å². The molecule has 0 fully saturated rings. The van der Waals surface area contributed by atoms with Crippen molar-refractivity contribution in [1.29, 1.82) is 0 Å². The third-order valence-electron chi connectivity index (χ3n) is 3.82. The molecule has 4 nitrogen and oxygen atoms in total. The van der Waals surface area contributed by atoms with Gasteiger partial charge in [-0.3, -0.25) is 9.78 Å². The Bertz CT molecular complexity index is 896. The van der Waals surface area contributed by atoms with Crippen molar-refractivity contribution in [1.82, 2.24) is 9.88 Å². The third-order valence-corrected chi connectivity index (χ3v) is 3.82. The zero-order chi connectivity index (χ0) is 18.5. The van der Waals surface area contributed by atoms with Crippen molar-refractivity contribution in [3.63, 3.8) is 0 Å². The molecule has 0 bridgehead atoms. The van der Waals surface area contributed by atoms with Crippen LogP contribution in [0.5, 0.6) is 0 Å². The lowest BCUT2D eigenvalue weighted by Gasteiger charge is -2.17. The van der Waals surface area contributed by atoms with Crippen LogP contribution in [0, 0.1) is 11.6 Å². The van der Waals surface area contributed by atoms with Gasteiger partial charge in [0, 0.05) is 25.5 Å². The van der Waals surface area contributed by atoms with Crippen molar-refractivity contribution >= 4 is 17.3 Å². The molecule has 0 saturated heterocycles. The minimum absolute atomic E-state index is 0.185. The predicted octanol–water partition coefficient (Wildman–Crippen LogP) is 4.38. The summed E-state index contributed by atoms with van der Waals surface area (Å²) in [5.74, 6) is -1.71. The molecule has 0 unspecified atom stereocenters. The Morgan fingerprint density at radius 2 is 1.73 bits per heavy atom. The summed E-state index contributed by atoms with van der Waals surface area (Å²) in [4.78, 5) is 18.2. The molecule has 26 heavy (non-hydrogen) atoms. The minimum Gasteiger partial charge on any atom is -0.351 e. The van der Waals surface area contributed by atoms with Crippen LogP contribution in [-0.2, 0) is 6.54 Å². The SMILES string of the molecule is CN(Cc1ccccc1)C(=O)c1cc(Nc2c(F)cccc2F)ccn1. The molecule has 0 radical (unpaired) electrons. The van der Waals surface area contributed by atoms with Gasteiger partial charge in [0.15, 0.2) is 0 Å². The van der Waals surface area contributed by atoms with Gasteiger partial charge in [-0.1, -0.05) is 36.4 Å². The first-order chi connectivity index (χ1) is 12.5. The zero-order valence-corrected chi connectivity index (χ0v) is 14.1. The van der Waals surface area contributed by atoms with Crippen molar-refractivity contribution in [2.75, 3.05) is 12.4 Å². The molecule has 0 saturated carbocycles. The summed E-state index contributed by atoms with van der Waals surface area (Å²) in [5, 5.41) is 2.66. The highest BCUT2D eigenvalue weighted by atomic mass is 19.1. The molecule has 3 aromatic rings. The largest absolute Gasteiger partial charge is 0.351 e. The number of benzene rings is 2. The van der Waals surface area contributed by atoms with Crippen LogP contribution in [0.4, 0.5) is 20.2 Å². The van der Waals surface area contributed by atoms with E-state index < -0.39 is 11.6 Å². The van der Waals surface area contributed by atoms with Crippen LogP contribution in [0.1, 0.15) is 16.1 Å². The summed E-state index contributed by atoms with van der Waals surface area (Å²) in [6.07, 6.45) is 1.42. The molecule has 1 N–H and O–H groups in total. The first kappa shape index (κ1) is 17.5. The number of amides is 1. The number of nitrogens with one attached hydrogen (secondary N) is 1. The Kier molecular flexibility index (Phi) is 5.22. The molecule has 1 aromatic heterocycles. The predicted molar refractivity (Wildman–Crippen MR) is 96.1 cm³/mol. The molecular formula is C20H17F2N3O. The first-order valence-corrected chi connectivity index (χ1v) is 8.01. The molecule has 0 aliphatic rings. The number of halogens is 2. The highest BCUT2D eigenvalue weighted by Crippen LogP contribution is 2.23. The Hall–Kier alpha value is -3.28. The van der Waals surface area contributed by atoms with Gasteiger partial charge in [0.05, 0.1) is 0 Å². The smallest absolute Gasteiger partial charge is 0.272 e. The molecule has 132 valence electrons. The molecule has 3 rings (SSSR count). The van der Waals surface area contributed by atoms with Crippen LogP contribution < -0.4 is 5.32 Å². The van der Waals surface area contributed by atoms with Gasteiger partial charge in [-0.15, -0.1) is 0 Å². The van der Waals surface area contributed by atoms with Crippen molar-refractivity contribution in [3.05, 3.63) is 89.8 Å². The lowest BCUT2D eigenvalue weighted by molar-refractivity contribution is 0.0779. The molecule has 1 heterocycles. The van der Waals surface area contributed by atoms with Crippen molar-refractivity contribution in [2.45, 2.75) is 6.54 Å². The summed E-state index contributed by atoms with van der Waals surface area (Å²) < 4.78 is 27.5. The molecule has 6 heteroatoms. The van der Waals surface area contributed by atoms with Gasteiger partial charge in [-0.2, -0.15) is 0 Å². The average Bonchev–Trinajstić information content (AvgIpc) is 2.65. The Morgan fingerprint density at radius 1 is 1.04 bits per heavy atom.